The van der Waals surface area contributed by atoms with Gasteiger partial charge in [-0.25, -0.2) is 13.9 Å². The molecule has 2 aromatic carbocycles. The van der Waals surface area contributed by atoms with Gasteiger partial charge in [-0.2, -0.15) is 4.31 Å². The van der Waals surface area contributed by atoms with Gasteiger partial charge in [-0.15, -0.1) is 0 Å². The van der Waals surface area contributed by atoms with Crippen LogP contribution in [0.5, 0.6) is 11.5 Å². The lowest BCUT2D eigenvalue weighted by atomic mass is 9.68. The Morgan fingerprint density at radius 3 is 2.58 bits per heavy atom. The van der Waals surface area contributed by atoms with E-state index in [0.717, 1.165) is 15.6 Å². The van der Waals surface area contributed by atoms with Crippen LogP contribution in [0.4, 0.5) is 0 Å². The number of nitrogens with zero attached hydrogens (tertiary/aromatic N) is 1. The fourth-order valence-corrected chi connectivity index (χ4v) is 6.28. The molecule has 1 amide bonds. The van der Waals surface area contributed by atoms with Crippen molar-refractivity contribution in [1.82, 2.24) is 15.1 Å². The minimum Gasteiger partial charge on any atom is -0.457 e. The molecule has 1 spiro atoms. The van der Waals surface area contributed by atoms with Gasteiger partial charge in [-0.1, -0.05) is 30.4 Å². The first-order chi connectivity index (χ1) is 15.9. The van der Waals surface area contributed by atoms with Crippen molar-refractivity contribution in [1.29, 1.82) is 0 Å². The van der Waals surface area contributed by atoms with E-state index in [1.807, 2.05) is 42.6 Å². The standard InChI is InChI=1S/C24H23N3O5S/c28-23(26-29)21-14-24-13-5-4-8-22(24)25-15-17(24)16-27(21)33(30,31)20-11-9-19(10-12-20)32-18-6-2-1-3-7-18/h1-12,15,21,25,29H,13-14,16H2,(H,26,28)/t21-,24?/m1/s1. The average Bonchev–Trinajstić information content (AvgIpc) is 3.22. The topological polar surface area (TPSA) is 108 Å². The van der Waals surface area contributed by atoms with Crippen molar-refractivity contribution in [2.45, 2.75) is 23.8 Å². The van der Waals surface area contributed by atoms with Gasteiger partial charge in [0.05, 0.1) is 4.90 Å². The summed E-state index contributed by atoms with van der Waals surface area (Å²) < 4.78 is 34.1. The van der Waals surface area contributed by atoms with E-state index in [-0.39, 0.29) is 17.9 Å². The summed E-state index contributed by atoms with van der Waals surface area (Å²) in [5.74, 6) is 0.380. The van der Waals surface area contributed by atoms with Crippen LogP contribution in [0.3, 0.4) is 0 Å². The van der Waals surface area contributed by atoms with Crippen molar-refractivity contribution in [2.24, 2.45) is 5.41 Å². The number of hydroxylamine groups is 1. The molecule has 2 aromatic rings. The number of benzene rings is 2. The van der Waals surface area contributed by atoms with Crippen LogP contribution in [-0.4, -0.2) is 36.4 Å². The van der Waals surface area contributed by atoms with Crippen LogP contribution < -0.4 is 15.5 Å². The molecule has 1 fully saturated rings. The number of amides is 1. The van der Waals surface area contributed by atoms with E-state index >= 15 is 0 Å². The molecule has 5 rings (SSSR count). The highest BCUT2D eigenvalue weighted by molar-refractivity contribution is 7.89. The molecular formula is C24H23N3O5S. The lowest BCUT2D eigenvalue weighted by molar-refractivity contribution is -0.134. The van der Waals surface area contributed by atoms with E-state index < -0.39 is 27.4 Å². The quantitative estimate of drug-likeness (QED) is 0.463. The number of carbonyl (C=O) groups is 1. The molecule has 1 aliphatic carbocycles. The zero-order chi connectivity index (χ0) is 23.1. The first kappa shape index (κ1) is 21.4. The second-order valence-electron chi connectivity index (χ2n) is 8.24. The summed E-state index contributed by atoms with van der Waals surface area (Å²) in [5, 5.41) is 12.6. The number of carbonyl (C=O) groups excluding carboxylic acids is 1. The van der Waals surface area contributed by atoms with Crippen LogP contribution >= 0.6 is 0 Å². The Labute approximate surface area is 191 Å². The molecule has 3 N–H and O–H groups in total. The zero-order valence-corrected chi connectivity index (χ0v) is 18.5. The lowest BCUT2D eigenvalue weighted by Crippen LogP contribution is -2.56. The fraction of sp³-hybridized carbons (Fsp3) is 0.208. The zero-order valence-electron chi connectivity index (χ0n) is 17.6. The second kappa shape index (κ2) is 8.18. The normalized spacial score (nSPS) is 24.1. The van der Waals surface area contributed by atoms with E-state index in [2.05, 4.69) is 5.32 Å². The number of hydrogen-bond acceptors (Lipinski definition) is 6. The van der Waals surface area contributed by atoms with Gasteiger partial charge in [0, 0.05) is 23.9 Å². The van der Waals surface area contributed by atoms with Crippen LogP contribution in [0, 0.1) is 5.41 Å². The average molecular weight is 466 g/mol. The Balaban J connectivity index is 1.45. The van der Waals surface area contributed by atoms with Crippen LogP contribution in [0.1, 0.15) is 12.8 Å². The third kappa shape index (κ3) is 3.64. The van der Waals surface area contributed by atoms with Crippen molar-refractivity contribution < 1.29 is 23.2 Å². The minimum absolute atomic E-state index is 0.0421. The molecule has 33 heavy (non-hydrogen) atoms. The van der Waals surface area contributed by atoms with Gasteiger partial charge in [0.1, 0.15) is 17.5 Å². The highest BCUT2D eigenvalue weighted by atomic mass is 32.2. The third-order valence-corrected chi connectivity index (χ3v) is 8.30. The van der Waals surface area contributed by atoms with Gasteiger partial charge in [-0.3, -0.25) is 10.0 Å². The van der Waals surface area contributed by atoms with Gasteiger partial charge >= 0.3 is 0 Å². The van der Waals surface area contributed by atoms with Gasteiger partial charge in [0.15, 0.2) is 0 Å². The number of nitrogens with one attached hydrogen (secondary N) is 2. The Hall–Kier alpha value is -3.40. The van der Waals surface area contributed by atoms with Crippen LogP contribution in [0.15, 0.2) is 95.2 Å². The highest BCUT2D eigenvalue weighted by Gasteiger charge is 2.53. The molecule has 1 saturated heterocycles. The second-order valence-corrected chi connectivity index (χ2v) is 10.1. The van der Waals surface area contributed by atoms with Gasteiger partial charge in [0.2, 0.25) is 10.0 Å². The predicted octanol–water partition coefficient (Wildman–Crippen LogP) is 3.06. The largest absolute Gasteiger partial charge is 0.457 e. The summed E-state index contributed by atoms with van der Waals surface area (Å²) in [6.07, 6.45) is 8.60. The van der Waals surface area contributed by atoms with E-state index in [1.165, 1.54) is 12.1 Å². The maximum Gasteiger partial charge on any atom is 0.261 e. The summed E-state index contributed by atoms with van der Waals surface area (Å²) >= 11 is 0. The molecule has 170 valence electrons. The summed E-state index contributed by atoms with van der Waals surface area (Å²) in [5.41, 5.74) is 3.02. The predicted molar refractivity (Wildman–Crippen MR) is 121 cm³/mol. The van der Waals surface area contributed by atoms with Crippen LogP contribution in [-0.2, 0) is 14.8 Å². The van der Waals surface area contributed by atoms with E-state index in [9.17, 15) is 18.4 Å². The third-order valence-electron chi connectivity index (χ3n) is 6.44. The molecule has 8 nitrogen and oxygen atoms in total. The molecule has 3 aliphatic rings. The van der Waals surface area contributed by atoms with E-state index in [0.29, 0.717) is 17.9 Å². The van der Waals surface area contributed by atoms with E-state index in [4.69, 9.17) is 4.74 Å². The number of sulfonamides is 1. The maximum absolute atomic E-state index is 13.6. The summed E-state index contributed by atoms with van der Waals surface area (Å²) in [6, 6.07) is 14.2. The fourth-order valence-electron chi connectivity index (χ4n) is 4.72. The van der Waals surface area contributed by atoms with Crippen molar-refractivity contribution in [2.75, 3.05) is 6.54 Å². The molecule has 0 bridgehead atoms. The Bertz CT molecular complexity index is 1270. The number of piperidine rings is 1. The summed E-state index contributed by atoms with van der Waals surface area (Å²) in [7, 11) is -4.04. The minimum atomic E-state index is -4.04. The number of rotatable bonds is 5. The smallest absolute Gasteiger partial charge is 0.261 e. The number of para-hydroxylation sites is 1. The molecular weight excluding hydrogens is 442 g/mol. The van der Waals surface area contributed by atoms with Gasteiger partial charge < -0.3 is 10.1 Å². The Morgan fingerprint density at radius 1 is 1.12 bits per heavy atom. The van der Waals surface area contributed by atoms with Crippen molar-refractivity contribution in [3.63, 3.8) is 0 Å². The van der Waals surface area contributed by atoms with Crippen molar-refractivity contribution in [3.05, 3.63) is 90.3 Å². The first-order valence-corrected chi connectivity index (χ1v) is 12.0. The number of hydrogen-bond donors (Lipinski definition) is 3. The van der Waals surface area contributed by atoms with E-state index in [1.54, 1.807) is 29.7 Å². The summed E-state index contributed by atoms with van der Waals surface area (Å²) in [6.45, 7) is 0.0425. The Kier molecular flexibility index (Phi) is 5.32. The lowest BCUT2D eigenvalue weighted by Gasteiger charge is -2.45. The van der Waals surface area contributed by atoms with Crippen LogP contribution in [0.25, 0.3) is 0 Å². The maximum atomic E-state index is 13.6. The van der Waals surface area contributed by atoms with Crippen molar-refractivity contribution >= 4 is 15.9 Å². The molecule has 0 aromatic heterocycles. The van der Waals surface area contributed by atoms with Gasteiger partial charge in [0.25, 0.3) is 5.91 Å². The first-order valence-electron chi connectivity index (χ1n) is 10.6. The monoisotopic (exact) mass is 465 g/mol. The number of ether oxygens (including phenoxy) is 1. The molecule has 9 heteroatoms. The SMILES string of the molecule is O=C(NO)[C@H]1CC23CC=CC=C2NC=C3CN1S(=O)(=O)c1ccc(Oc2ccccc2)cc1. The Morgan fingerprint density at radius 2 is 1.85 bits per heavy atom. The molecule has 0 radical (unpaired) electrons. The van der Waals surface area contributed by atoms with Gasteiger partial charge in [-0.05, 0) is 60.9 Å². The highest BCUT2D eigenvalue weighted by Crippen LogP contribution is 2.51. The molecule has 1 unspecified atom stereocenters. The number of allylic oxidation sites excluding steroid dienone is 4. The summed E-state index contributed by atoms with van der Waals surface area (Å²) in [4.78, 5) is 12.6. The molecule has 0 saturated carbocycles. The molecule has 2 aliphatic heterocycles. The van der Waals surface area contributed by atoms with Crippen LogP contribution in [0.2, 0.25) is 0 Å². The molecule has 2 atom stereocenters. The van der Waals surface area contributed by atoms with Crippen molar-refractivity contribution in [3.8, 4) is 11.5 Å². The molecule has 2 heterocycles.